The predicted octanol–water partition coefficient (Wildman–Crippen LogP) is 2.22. The first kappa shape index (κ1) is 12.0. The van der Waals surface area contributed by atoms with E-state index in [0.29, 0.717) is 11.6 Å². The van der Waals surface area contributed by atoms with Gasteiger partial charge in [0.25, 0.3) is 0 Å². The Morgan fingerprint density at radius 3 is 2.39 bits per heavy atom. The molecule has 1 aromatic carbocycles. The largest absolute Gasteiger partial charge is 0.347 e. The van der Waals surface area contributed by atoms with Gasteiger partial charge in [-0.2, -0.15) is 5.26 Å². The van der Waals surface area contributed by atoms with E-state index < -0.39 is 0 Å². The minimum Gasteiger partial charge on any atom is -0.347 e. The van der Waals surface area contributed by atoms with Crippen molar-refractivity contribution in [3.05, 3.63) is 41.8 Å². The number of anilines is 1. The molecule has 0 radical (unpaired) electrons. The van der Waals surface area contributed by atoms with Crippen molar-refractivity contribution in [3.8, 4) is 17.3 Å². The van der Waals surface area contributed by atoms with Crippen LogP contribution in [0, 0.1) is 17.1 Å². The van der Waals surface area contributed by atoms with E-state index in [4.69, 9.17) is 5.26 Å². The Labute approximate surface area is 104 Å². The first-order valence-electron chi connectivity index (χ1n) is 5.32. The lowest BCUT2D eigenvalue weighted by molar-refractivity contribution is 0.628. The van der Waals surface area contributed by atoms with Crippen molar-refractivity contribution in [2.24, 2.45) is 0 Å². The van der Waals surface area contributed by atoms with Gasteiger partial charge < -0.3 is 4.90 Å². The normalized spacial score (nSPS) is 9.89. The fourth-order valence-electron chi connectivity index (χ4n) is 1.46. The lowest BCUT2D eigenvalue weighted by Gasteiger charge is -2.11. The van der Waals surface area contributed by atoms with E-state index in [0.717, 1.165) is 5.56 Å². The van der Waals surface area contributed by atoms with E-state index in [-0.39, 0.29) is 11.5 Å². The Bertz CT molecular complexity index is 599. The Kier molecular flexibility index (Phi) is 3.20. The van der Waals surface area contributed by atoms with Crippen LogP contribution in [-0.2, 0) is 0 Å². The van der Waals surface area contributed by atoms with Crippen LogP contribution in [0.15, 0.2) is 30.3 Å². The molecular weight excluding hydrogens is 231 g/mol. The van der Waals surface area contributed by atoms with Gasteiger partial charge in [0.2, 0.25) is 5.95 Å². The molecule has 0 aliphatic rings. The highest BCUT2D eigenvalue weighted by Gasteiger charge is 2.08. The molecule has 5 heteroatoms. The summed E-state index contributed by atoms with van der Waals surface area (Å²) in [7, 11) is 3.59. The summed E-state index contributed by atoms with van der Waals surface area (Å²) >= 11 is 0. The van der Waals surface area contributed by atoms with Gasteiger partial charge in [-0.25, -0.2) is 14.4 Å². The predicted molar refractivity (Wildman–Crippen MR) is 66.5 cm³/mol. The monoisotopic (exact) mass is 242 g/mol. The second kappa shape index (κ2) is 4.80. The van der Waals surface area contributed by atoms with Crippen molar-refractivity contribution in [1.82, 2.24) is 9.97 Å². The summed E-state index contributed by atoms with van der Waals surface area (Å²) in [5.41, 5.74) is 1.64. The third-order valence-electron chi connectivity index (χ3n) is 2.37. The third-order valence-corrected chi connectivity index (χ3v) is 2.37. The highest BCUT2D eigenvalue weighted by molar-refractivity contribution is 5.61. The Morgan fingerprint density at radius 2 is 1.83 bits per heavy atom. The maximum absolute atomic E-state index is 12.9. The number of hydrogen-bond donors (Lipinski definition) is 0. The number of halogens is 1. The average Bonchev–Trinajstić information content (AvgIpc) is 2.39. The highest BCUT2D eigenvalue weighted by atomic mass is 19.1. The molecule has 0 saturated heterocycles. The molecule has 0 atom stereocenters. The van der Waals surface area contributed by atoms with Gasteiger partial charge in [0, 0.05) is 25.7 Å². The fraction of sp³-hybridized carbons (Fsp3) is 0.154. The molecule has 0 spiro atoms. The molecule has 1 heterocycles. The van der Waals surface area contributed by atoms with Crippen molar-refractivity contribution in [2.75, 3.05) is 19.0 Å². The van der Waals surface area contributed by atoms with Crippen molar-refractivity contribution in [3.63, 3.8) is 0 Å². The van der Waals surface area contributed by atoms with Crippen LogP contribution in [-0.4, -0.2) is 24.1 Å². The molecule has 0 unspecified atom stereocenters. The molecule has 0 bridgehead atoms. The summed E-state index contributed by atoms with van der Waals surface area (Å²) in [6, 6.07) is 9.54. The maximum Gasteiger partial charge on any atom is 0.226 e. The molecule has 0 N–H and O–H groups in total. The van der Waals surface area contributed by atoms with E-state index in [1.807, 2.05) is 6.07 Å². The fourth-order valence-corrected chi connectivity index (χ4v) is 1.46. The van der Waals surface area contributed by atoms with Crippen molar-refractivity contribution in [1.29, 1.82) is 5.26 Å². The molecule has 2 rings (SSSR count). The van der Waals surface area contributed by atoms with Gasteiger partial charge in [-0.15, -0.1) is 0 Å². The third kappa shape index (κ3) is 2.43. The molecule has 1 aromatic heterocycles. The van der Waals surface area contributed by atoms with Crippen molar-refractivity contribution >= 4 is 5.95 Å². The van der Waals surface area contributed by atoms with Crippen LogP contribution in [0.5, 0.6) is 0 Å². The van der Waals surface area contributed by atoms with Crippen LogP contribution in [0.4, 0.5) is 10.3 Å². The van der Waals surface area contributed by atoms with E-state index >= 15 is 0 Å². The molecule has 90 valence electrons. The van der Waals surface area contributed by atoms with Gasteiger partial charge in [0.15, 0.2) is 0 Å². The zero-order valence-corrected chi connectivity index (χ0v) is 10.1. The topological polar surface area (TPSA) is 52.8 Å². The van der Waals surface area contributed by atoms with Gasteiger partial charge in [-0.1, -0.05) is 0 Å². The molecule has 0 fully saturated rings. The average molecular weight is 242 g/mol. The van der Waals surface area contributed by atoms with Crippen LogP contribution in [0.1, 0.15) is 5.69 Å². The van der Waals surface area contributed by atoms with Gasteiger partial charge in [0.1, 0.15) is 17.6 Å². The molecule has 0 amide bonds. The SMILES string of the molecule is CN(C)c1nc(C#N)cc(-c2ccc(F)cc2)n1. The number of benzene rings is 1. The number of rotatable bonds is 2. The quantitative estimate of drug-likeness (QED) is 0.810. The minimum atomic E-state index is -0.304. The summed E-state index contributed by atoms with van der Waals surface area (Å²) in [5, 5.41) is 8.94. The molecule has 2 aromatic rings. The molecule has 4 nitrogen and oxygen atoms in total. The minimum absolute atomic E-state index is 0.285. The number of aromatic nitrogens is 2. The number of nitrogens with zero attached hydrogens (tertiary/aromatic N) is 4. The van der Waals surface area contributed by atoms with Gasteiger partial charge in [-0.3, -0.25) is 0 Å². The zero-order chi connectivity index (χ0) is 13.1. The Hall–Kier alpha value is -2.48. The van der Waals surface area contributed by atoms with Crippen molar-refractivity contribution in [2.45, 2.75) is 0 Å². The van der Waals surface area contributed by atoms with Crippen LogP contribution in [0.25, 0.3) is 11.3 Å². The van der Waals surface area contributed by atoms with E-state index in [1.165, 1.54) is 12.1 Å². The Morgan fingerprint density at radius 1 is 1.17 bits per heavy atom. The maximum atomic E-state index is 12.9. The van der Waals surface area contributed by atoms with E-state index in [1.54, 1.807) is 37.2 Å². The molecular formula is C13H11FN4. The van der Waals surface area contributed by atoms with Crippen LogP contribution in [0.3, 0.4) is 0 Å². The summed E-state index contributed by atoms with van der Waals surface area (Å²) < 4.78 is 12.9. The lowest BCUT2D eigenvalue weighted by atomic mass is 10.1. The lowest BCUT2D eigenvalue weighted by Crippen LogP contribution is -2.13. The van der Waals surface area contributed by atoms with Gasteiger partial charge in [0.05, 0.1) is 5.69 Å². The molecule has 18 heavy (non-hydrogen) atoms. The molecule has 0 saturated carbocycles. The number of nitriles is 1. The van der Waals surface area contributed by atoms with Gasteiger partial charge in [-0.05, 0) is 24.3 Å². The van der Waals surface area contributed by atoms with E-state index in [2.05, 4.69) is 9.97 Å². The van der Waals surface area contributed by atoms with Gasteiger partial charge >= 0.3 is 0 Å². The summed E-state index contributed by atoms with van der Waals surface area (Å²) in [4.78, 5) is 10.1. The first-order chi connectivity index (χ1) is 8.60. The second-order valence-corrected chi connectivity index (χ2v) is 3.95. The molecule has 0 aliphatic carbocycles. The summed E-state index contributed by atoms with van der Waals surface area (Å²) in [6.07, 6.45) is 0. The molecule has 0 aliphatic heterocycles. The first-order valence-corrected chi connectivity index (χ1v) is 5.32. The smallest absolute Gasteiger partial charge is 0.226 e. The van der Waals surface area contributed by atoms with Crippen LogP contribution < -0.4 is 4.90 Å². The van der Waals surface area contributed by atoms with Crippen molar-refractivity contribution < 1.29 is 4.39 Å². The van der Waals surface area contributed by atoms with E-state index in [9.17, 15) is 4.39 Å². The summed E-state index contributed by atoms with van der Waals surface area (Å²) in [5.74, 6) is 0.148. The zero-order valence-electron chi connectivity index (χ0n) is 10.1. The standard InChI is InChI=1S/C13H11FN4/c1-18(2)13-16-11(8-15)7-12(17-13)9-3-5-10(14)6-4-9/h3-7H,1-2H3. The Balaban J connectivity index is 2.53. The van der Waals surface area contributed by atoms with Crippen LogP contribution >= 0.6 is 0 Å². The highest BCUT2D eigenvalue weighted by Crippen LogP contribution is 2.20. The number of hydrogen-bond acceptors (Lipinski definition) is 4. The second-order valence-electron chi connectivity index (χ2n) is 3.95. The van der Waals surface area contributed by atoms with Crippen LogP contribution in [0.2, 0.25) is 0 Å². The summed E-state index contributed by atoms with van der Waals surface area (Å²) in [6.45, 7) is 0.